The summed E-state index contributed by atoms with van der Waals surface area (Å²) in [4.78, 5) is 24.2. The number of alkyl halides is 3. The average Bonchev–Trinajstić information content (AvgIpc) is 3.29. The van der Waals surface area contributed by atoms with Crippen LogP contribution in [-0.4, -0.2) is 52.1 Å². The summed E-state index contributed by atoms with van der Waals surface area (Å²) in [5.41, 5.74) is 0.347. The second-order valence-corrected chi connectivity index (χ2v) is 8.24. The van der Waals surface area contributed by atoms with E-state index in [9.17, 15) is 18.0 Å². The van der Waals surface area contributed by atoms with E-state index in [1.54, 1.807) is 12.1 Å². The zero-order chi connectivity index (χ0) is 21.8. The summed E-state index contributed by atoms with van der Waals surface area (Å²) in [6, 6.07) is 3.34. The largest absolute Gasteiger partial charge is 0.471 e. The summed E-state index contributed by atoms with van der Waals surface area (Å²) < 4.78 is 42.1. The molecule has 1 amide bonds. The Bertz CT molecular complexity index is 870. The number of rotatable bonds is 5. The molecule has 0 spiro atoms. The molecule has 7 nitrogen and oxygen atoms in total. The number of nitrogens with zero attached hydrogens (tertiary/aromatic N) is 5. The number of carbonyl (C=O) groups is 1. The quantitative estimate of drug-likeness (QED) is 0.699. The number of hydrogen-bond acceptors (Lipinski definition) is 6. The van der Waals surface area contributed by atoms with Crippen LogP contribution in [-0.2, 0) is 11.0 Å². The maximum absolute atomic E-state index is 12.6. The van der Waals surface area contributed by atoms with Crippen LogP contribution in [0.15, 0.2) is 22.9 Å². The summed E-state index contributed by atoms with van der Waals surface area (Å²) in [7, 11) is 0. The predicted octanol–water partition coefficient (Wildman–Crippen LogP) is 4.16. The molecule has 2 aromatic heterocycles. The van der Waals surface area contributed by atoms with Gasteiger partial charge in [-0.25, -0.2) is 4.98 Å². The number of amides is 1. The first-order valence-corrected chi connectivity index (χ1v) is 10.8. The van der Waals surface area contributed by atoms with Crippen LogP contribution in [0.25, 0.3) is 11.4 Å². The van der Waals surface area contributed by atoms with E-state index in [-0.39, 0.29) is 11.7 Å². The second-order valence-electron chi connectivity index (χ2n) is 8.24. The highest BCUT2D eigenvalue weighted by Gasteiger charge is 2.38. The fraction of sp³-hybridized carbons (Fsp3) is 0.619. The Morgan fingerprint density at radius 3 is 2.45 bits per heavy atom. The van der Waals surface area contributed by atoms with Gasteiger partial charge in [0.05, 0.1) is 0 Å². The SMILES string of the molecule is O=C(CCC1CCCCC1)N1CCN(c2ccc(-c3noc(C(F)(F)F)n3)cn2)CC1. The number of halogens is 3. The molecule has 0 atom stereocenters. The van der Waals surface area contributed by atoms with Gasteiger partial charge >= 0.3 is 12.1 Å². The number of anilines is 1. The summed E-state index contributed by atoms with van der Waals surface area (Å²) in [6.45, 7) is 2.63. The summed E-state index contributed by atoms with van der Waals surface area (Å²) in [5.74, 6) is 0.104. The Morgan fingerprint density at radius 2 is 1.84 bits per heavy atom. The third-order valence-electron chi connectivity index (χ3n) is 6.12. The molecule has 31 heavy (non-hydrogen) atoms. The molecule has 1 aliphatic carbocycles. The highest BCUT2D eigenvalue weighted by atomic mass is 19.4. The van der Waals surface area contributed by atoms with Crippen LogP contribution in [0.5, 0.6) is 0 Å². The van der Waals surface area contributed by atoms with E-state index in [0.29, 0.717) is 49.9 Å². The van der Waals surface area contributed by atoms with E-state index in [0.717, 1.165) is 6.42 Å². The van der Waals surface area contributed by atoms with Gasteiger partial charge in [-0.05, 0) is 24.5 Å². The molecule has 1 aliphatic heterocycles. The van der Waals surface area contributed by atoms with Crippen molar-refractivity contribution < 1.29 is 22.5 Å². The van der Waals surface area contributed by atoms with Crippen molar-refractivity contribution in [2.75, 3.05) is 31.1 Å². The summed E-state index contributed by atoms with van der Waals surface area (Å²) in [5, 5.41) is 3.37. The maximum Gasteiger partial charge on any atom is 0.471 e. The molecule has 168 valence electrons. The standard InChI is InChI=1S/C21H26F3N5O2/c22-21(23,24)20-26-19(27-31-20)16-7-8-17(25-14-16)28-10-12-29(13-11-28)18(30)9-6-15-4-2-1-3-5-15/h7-8,14-15H,1-6,9-13H2. The number of pyridine rings is 1. The average molecular weight is 437 g/mol. The predicted molar refractivity (Wildman–Crippen MR) is 107 cm³/mol. The number of piperazine rings is 1. The fourth-order valence-corrected chi connectivity index (χ4v) is 4.31. The monoisotopic (exact) mass is 437 g/mol. The normalized spacial score (nSPS) is 18.4. The molecule has 1 saturated heterocycles. The summed E-state index contributed by atoms with van der Waals surface area (Å²) >= 11 is 0. The smallest absolute Gasteiger partial charge is 0.353 e. The molecule has 3 heterocycles. The third kappa shape index (κ3) is 5.34. The van der Waals surface area contributed by atoms with Crippen LogP contribution >= 0.6 is 0 Å². The van der Waals surface area contributed by atoms with Gasteiger partial charge < -0.3 is 14.3 Å². The first-order valence-electron chi connectivity index (χ1n) is 10.8. The number of hydrogen-bond donors (Lipinski definition) is 0. The van der Waals surface area contributed by atoms with Crippen molar-refractivity contribution in [3.63, 3.8) is 0 Å². The third-order valence-corrected chi connectivity index (χ3v) is 6.12. The van der Waals surface area contributed by atoms with Crippen LogP contribution in [0.1, 0.15) is 50.8 Å². The van der Waals surface area contributed by atoms with E-state index in [1.165, 1.54) is 38.3 Å². The lowest BCUT2D eigenvalue weighted by molar-refractivity contribution is -0.159. The van der Waals surface area contributed by atoms with Crippen LogP contribution < -0.4 is 4.90 Å². The minimum Gasteiger partial charge on any atom is -0.353 e. The van der Waals surface area contributed by atoms with Crippen molar-refractivity contribution in [3.8, 4) is 11.4 Å². The molecule has 2 aromatic rings. The van der Waals surface area contributed by atoms with Gasteiger partial charge in [0.25, 0.3) is 0 Å². The van der Waals surface area contributed by atoms with Crippen molar-refractivity contribution in [2.24, 2.45) is 5.92 Å². The zero-order valence-electron chi connectivity index (χ0n) is 17.3. The van der Waals surface area contributed by atoms with Gasteiger partial charge in [0.1, 0.15) is 5.82 Å². The molecule has 0 radical (unpaired) electrons. The summed E-state index contributed by atoms with van der Waals surface area (Å²) in [6.07, 6.45) is 4.79. The van der Waals surface area contributed by atoms with E-state index in [4.69, 9.17) is 0 Å². The van der Waals surface area contributed by atoms with Crippen molar-refractivity contribution in [2.45, 2.75) is 51.1 Å². The lowest BCUT2D eigenvalue weighted by Crippen LogP contribution is -2.49. The Hall–Kier alpha value is -2.65. The van der Waals surface area contributed by atoms with Gasteiger partial charge in [-0.1, -0.05) is 37.3 Å². The van der Waals surface area contributed by atoms with Crippen molar-refractivity contribution in [1.29, 1.82) is 0 Å². The highest BCUT2D eigenvalue weighted by Crippen LogP contribution is 2.30. The molecule has 10 heteroatoms. The zero-order valence-corrected chi connectivity index (χ0v) is 17.3. The Kier molecular flexibility index (Phi) is 6.43. The van der Waals surface area contributed by atoms with Crippen molar-refractivity contribution in [3.05, 3.63) is 24.2 Å². The van der Waals surface area contributed by atoms with E-state index < -0.39 is 12.1 Å². The molecule has 0 bridgehead atoms. The van der Waals surface area contributed by atoms with Crippen LogP contribution in [0, 0.1) is 5.92 Å². The lowest BCUT2D eigenvalue weighted by atomic mass is 9.86. The van der Waals surface area contributed by atoms with Crippen LogP contribution in [0.4, 0.5) is 19.0 Å². The molecule has 1 saturated carbocycles. The molecule has 0 unspecified atom stereocenters. The minimum absolute atomic E-state index is 0.153. The van der Waals surface area contributed by atoms with Crippen molar-refractivity contribution in [1.82, 2.24) is 20.0 Å². The molecule has 0 aromatic carbocycles. The Balaban J connectivity index is 1.27. The minimum atomic E-state index is -4.67. The first-order chi connectivity index (χ1) is 14.9. The maximum atomic E-state index is 12.6. The number of carbonyl (C=O) groups excluding carboxylic acids is 1. The first kappa shape index (κ1) is 21.6. The molecular weight excluding hydrogens is 411 g/mol. The molecule has 2 fully saturated rings. The van der Waals surface area contributed by atoms with Crippen LogP contribution in [0.3, 0.4) is 0 Å². The molecule has 2 aliphatic rings. The van der Waals surface area contributed by atoms with Gasteiger partial charge in [-0.2, -0.15) is 18.2 Å². The lowest BCUT2D eigenvalue weighted by Gasteiger charge is -2.35. The van der Waals surface area contributed by atoms with Gasteiger partial charge in [-0.15, -0.1) is 0 Å². The Labute approximate surface area is 178 Å². The molecule has 4 rings (SSSR count). The van der Waals surface area contributed by atoms with E-state index in [2.05, 4.69) is 24.5 Å². The fourth-order valence-electron chi connectivity index (χ4n) is 4.31. The topological polar surface area (TPSA) is 75.4 Å². The van der Waals surface area contributed by atoms with Gasteiger partial charge in [0, 0.05) is 44.4 Å². The van der Waals surface area contributed by atoms with E-state index in [1.807, 2.05) is 4.90 Å². The second kappa shape index (κ2) is 9.23. The highest BCUT2D eigenvalue weighted by molar-refractivity contribution is 5.76. The Morgan fingerprint density at radius 1 is 1.10 bits per heavy atom. The van der Waals surface area contributed by atoms with Gasteiger partial charge in [0.2, 0.25) is 11.7 Å². The van der Waals surface area contributed by atoms with Gasteiger partial charge in [0.15, 0.2) is 0 Å². The number of aromatic nitrogens is 3. The van der Waals surface area contributed by atoms with Crippen molar-refractivity contribution >= 4 is 11.7 Å². The van der Waals surface area contributed by atoms with E-state index >= 15 is 0 Å². The van der Waals surface area contributed by atoms with Gasteiger partial charge in [-0.3, -0.25) is 4.79 Å². The molecular formula is C21H26F3N5O2. The van der Waals surface area contributed by atoms with Crippen LogP contribution in [0.2, 0.25) is 0 Å². The molecule has 0 N–H and O–H groups in total.